The molecule has 2 amide bonds. The number of carbonyl (C=O) groups is 2. The predicted molar refractivity (Wildman–Crippen MR) is 135 cm³/mol. The zero-order chi connectivity index (χ0) is 24.3. The number of amides is 2. The summed E-state index contributed by atoms with van der Waals surface area (Å²) in [6.07, 6.45) is 9.01. The molecule has 5 rings (SSSR count). The van der Waals surface area contributed by atoms with Crippen LogP contribution < -0.4 is 5.32 Å². The van der Waals surface area contributed by atoms with Gasteiger partial charge in [-0.2, -0.15) is 0 Å². The first-order valence-corrected chi connectivity index (χ1v) is 13.4. The Balaban J connectivity index is 1.34. The molecule has 0 spiro atoms. The van der Waals surface area contributed by atoms with Gasteiger partial charge >= 0.3 is 0 Å². The van der Waals surface area contributed by atoms with Gasteiger partial charge in [0.1, 0.15) is 5.82 Å². The van der Waals surface area contributed by atoms with Crippen molar-refractivity contribution >= 4 is 17.6 Å². The number of allylic oxidation sites excluding steroid dienone is 2. The van der Waals surface area contributed by atoms with Gasteiger partial charge in [-0.25, -0.2) is 4.98 Å². The van der Waals surface area contributed by atoms with Crippen LogP contribution in [0.15, 0.2) is 29.5 Å². The molecule has 4 aliphatic rings. The van der Waals surface area contributed by atoms with Gasteiger partial charge in [-0.05, 0) is 93.1 Å². The second-order valence-corrected chi connectivity index (χ2v) is 12.0. The molecule has 1 unspecified atom stereocenters. The van der Waals surface area contributed by atoms with Gasteiger partial charge in [0.25, 0.3) is 0 Å². The average molecular weight is 464 g/mol. The molecule has 184 valence electrons. The Bertz CT molecular complexity index is 1030. The minimum Gasteiger partial charge on any atom is -0.319 e. The number of aryl methyl sites for hydroxylation is 1. The lowest BCUT2D eigenvalue weighted by Gasteiger charge is -2.59. The van der Waals surface area contributed by atoms with Crippen LogP contribution in [0.4, 0.5) is 5.82 Å². The maximum Gasteiger partial charge on any atom is 0.226 e. The SMILES string of the molecule is CCc1cccc(NC(=O)CC2CC[C@H]3[C@@H]4CC(C)=C5N(C)C(=O)CC[C@]5(C)[C@H]4CC[C@]23C)n1. The number of hydrogen-bond acceptors (Lipinski definition) is 3. The summed E-state index contributed by atoms with van der Waals surface area (Å²) in [5, 5.41) is 3.08. The molecule has 1 aromatic rings. The van der Waals surface area contributed by atoms with Crippen molar-refractivity contribution in [1.82, 2.24) is 9.88 Å². The molecule has 0 bridgehead atoms. The number of aromatic nitrogens is 1. The summed E-state index contributed by atoms with van der Waals surface area (Å²) in [5.74, 6) is 3.48. The summed E-state index contributed by atoms with van der Waals surface area (Å²) in [7, 11) is 1.99. The normalized spacial score (nSPS) is 37.2. The van der Waals surface area contributed by atoms with E-state index in [9.17, 15) is 9.59 Å². The predicted octanol–water partition coefficient (Wildman–Crippen LogP) is 5.97. The first kappa shape index (κ1) is 23.6. The fraction of sp³-hybridized carbons (Fsp3) is 0.690. The first-order chi connectivity index (χ1) is 16.2. The van der Waals surface area contributed by atoms with E-state index in [4.69, 9.17) is 0 Å². The number of nitrogens with zero attached hydrogens (tertiary/aromatic N) is 2. The number of pyridine rings is 1. The molecule has 2 heterocycles. The molecule has 2 saturated carbocycles. The van der Waals surface area contributed by atoms with Gasteiger partial charge in [-0.1, -0.05) is 32.4 Å². The highest BCUT2D eigenvalue weighted by atomic mass is 16.2. The van der Waals surface area contributed by atoms with Crippen LogP contribution in [0, 0.1) is 34.5 Å². The van der Waals surface area contributed by atoms with Crippen LogP contribution in [-0.4, -0.2) is 28.7 Å². The summed E-state index contributed by atoms with van der Waals surface area (Å²) < 4.78 is 0. The number of anilines is 1. The summed E-state index contributed by atoms with van der Waals surface area (Å²) in [6.45, 7) is 9.26. The Labute approximate surface area is 204 Å². The lowest BCUT2D eigenvalue weighted by atomic mass is 9.48. The van der Waals surface area contributed by atoms with E-state index in [-0.39, 0.29) is 22.6 Å². The Morgan fingerprint density at radius 2 is 1.97 bits per heavy atom. The van der Waals surface area contributed by atoms with E-state index >= 15 is 0 Å². The minimum atomic E-state index is 0.108. The molecule has 1 aromatic heterocycles. The van der Waals surface area contributed by atoms with Gasteiger partial charge < -0.3 is 10.2 Å². The summed E-state index contributed by atoms with van der Waals surface area (Å²) in [5.41, 5.74) is 4.09. The maximum absolute atomic E-state index is 13.0. The second kappa shape index (κ2) is 8.49. The van der Waals surface area contributed by atoms with Crippen molar-refractivity contribution in [3.05, 3.63) is 35.2 Å². The van der Waals surface area contributed by atoms with Crippen LogP contribution in [-0.2, 0) is 16.0 Å². The Morgan fingerprint density at radius 3 is 2.74 bits per heavy atom. The van der Waals surface area contributed by atoms with Crippen LogP contribution in [0.3, 0.4) is 0 Å². The van der Waals surface area contributed by atoms with E-state index in [0.717, 1.165) is 31.4 Å². The zero-order valence-electron chi connectivity index (χ0n) is 21.6. The van der Waals surface area contributed by atoms with Crippen LogP contribution in [0.1, 0.15) is 84.8 Å². The van der Waals surface area contributed by atoms with Crippen molar-refractivity contribution in [2.24, 2.45) is 34.5 Å². The molecule has 1 aliphatic heterocycles. The quantitative estimate of drug-likeness (QED) is 0.598. The summed E-state index contributed by atoms with van der Waals surface area (Å²) in [4.78, 5) is 32.1. The number of piperidine rings is 1. The zero-order valence-corrected chi connectivity index (χ0v) is 21.6. The van der Waals surface area contributed by atoms with Crippen molar-refractivity contribution in [3.63, 3.8) is 0 Å². The van der Waals surface area contributed by atoms with E-state index in [1.807, 2.05) is 30.1 Å². The first-order valence-electron chi connectivity index (χ1n) is 13.4. The van der Waals surface area contributed by atoms with Gasteiger partial charge in [0.05, 0.1) is 0 Å². The van der Waals surface area contributed by atoms with Gasteiger partial charge in [0, 0.05) is 36.7 Å². The van der Waals surface area contributed by atoms with Crippen molar-refractivity contribution in [1.29, 1.82) is 0 Å². The highest BCUT2D eigenvalue weighted by Gasteiger charge is 2.60. The number of rotatable bonds is 4. The van der Waals surface area contributed by atoms with Crippen molar-refractivity contribution < 1.29 is 9.59 Å². The van der Waals surface area contributed by atoms with Gasteiger partial charge in [-0.3, -0.25) is 9.59 Å². The highest BCUT2D eigenvalue weighted by molar-refractivity contribution is 5.90. The standard InChI is InChI=1S/C29H41N3O2/c1-6-20-8-7-9-24(30-20)31-25(33)17-19-10-11-22-21-16-18(2)27-29(4,15-13-26(34)32(27)5)23(21)12-14-28(19,22)3/h7-9,19,21-23H,6,10-17H2,1-5H3,(H,30,31,33)/t19?,21-,22-,23-,28+,29+/m0/s1. The summed E-state index contributed by atoms with van der Waals surface area (Å²) in [6, 6.07) is 5.87. The molecule has 6 atom stereocenters. The number of nitrogens with one attached hydrogen (secondary N) is 1. The minimum absolute atomic E-state index is 0.108. The molecule has 3 aliphatic carbocycles. The van der Waals surface area contributed by atoms with Crippen LogP contribution in [0.25, 0.3) is 0 Å². The molecule has 0 aromatic carbocycles. The maximum atomic E-state index is 13.0. The molecule has 34 heavy (non-hydrogen) atoms. The van der Waals surface area contributed by atoms with E-state index < -0.39 is 0 Å². The molecule has 3 fully saturated rings. The van der Waals surface area contributed by atoms with Crippen LogP contribution >= 0.6 is 0 Å². The Morgan fingerprint density at radius 1 is 1.18 bits per heavy atom. The Hall–Kier alpha value is -2.17. The van der Waals surface area contributed by atoms with Crippen LogP contribution in [0.5, 0.6) is 0 Å². The van der Waals surface area contributed by atoms with E-state index in [2.05, 4.69) is 38.0 Å². The topological polar surface area (TPSA) is 62.3 Å². The number of fused-ring (bicyclic) bond motifs is 5. The molecular weight excluding hydrogens is 422 g/mol. The van der Waals surface area contributed by atoms with Gasteiger partial charge in [0.15, 0.2) is 0 Å². The second-order valence-electron chi connectivity index (χ2n) is 12.0. The van der Waals surface area contributed by atoms with Gasteiger partial charge in [-0.15, -0.1) is 0 Å². The molecule has 5 heteroatoms. The van der Waals surface area contributed by atoms with E-state index in [1.165, 1.54) is 30.5 Å². The average Bonchev–Trinajstić information content (AvgIpc) is 3.13. The fourth-order valence-electron chi connectivity index (χ4n) is 8.72. The fourth-order valence-corrected chi connectivity index (χ4v) is 8.72. The molecule has 1 N–H and O–H groups in total. The Kier molecular flexibility index (Phi) is 5.89. The number of likely N-dealkylation sites (tertiary alicyclic amines) is 1. The van der Waals surface area contributed by atoms with Crippen molar-refractivity contribution in [2.45, 2.75) is 85.5 Å². The molecular formula is C29H41N3O2. The molecule has 1 saturated heterocycles. The van der Waals surface area contributed by atoms with E-state index in [1.54, 1.807) is 0 Å². The largest absolute Gasteiger partial charge is 0.319 e. The van der Waals surface area contributed by atoms with Crippen LogP contribution in [0.2, 0.25) is 0 Å². The lowest BCUT2D eigenvalue weighted by Crippen LogP contribution is -2.54. The third-order valence-corrected chi connectivity index (χ3v) is 10.4. The van der Waals surface area contributed by atoms with E-state index in [0.29, 0.717) is 42.3 Å². The lowest BCUT2D eigenvalue weighted by molar-refractivity contribution is -0.136. The third-order valence-electron chi connectivity index (χ3n) is 10.4. The van der Waals surface area contributed by atoms with Gasteiger partial charge in [0.2, 0.25) is 11.8 Å². The number of carbonyl (C=O) groups excluding carboxylic acids is 2. The number of hydrogen-bond donors (Lipinski definition) is 1. The molecule has 0 radical (unpaired) electrons. The van der Waals surface area contributed by atoms with Crippen molar-refractivity contribution in [3.8, 4) is 0 Å². The smallest absolute Gasteiger partial charge is 0.226 e. The molecule has 5 nitrogen and oxygen atoms in total. The summed E-state index contributed by atoms with van der Waals surface area (Å²) >= 11 is 0. The van der Waals surface area contributed by atoms with Crippen molar-refractivity contribution in [2.75, 3.05) is 12.4 Å². The highest BCUT2D eigenvalue weighted by Crippen LogP contribution is 2.67. The monoisotopic (exact) mass is 463 g/mol. The third kappa shape index (κ3) is 3.61.